The van der Waals surface area contributed by atoms with Crippen LogP contribution in [0.15, 0.2) is 88.2 Å². The van der Waals surface area contributed by atoms with Crippen molar-refractivity contribution in [2.45, 2.75) is 13.0 Å². The largest absolute Gasteiger partial charge is 0.504 e. The van der Waals surface area contributed by atoms with Gasteiger partial charge >= 0.3 is 5.97 Å². The van der Waals surface area contributed by atoms with E-state index in [0.717, 1.165) is 5.56 Å². The van der Waals surface area contributed by atoms with Crippen molar-refractivity contribution in [2.24, 2.45) is 4.99 Å². The van der Waals surface area contributed by atoms with E-state index >= 15 is 0 Å². The molecule has 0 amide bonds. The number of methoxy groups -OCH3 is 2. The van der Waals surface area contributed by atoms with Crippen molar-refractivity contribution in [1.82, 2.24) is 4.57 Å². The molecule has 2 heterocycles. The highest BCUT2D eigenvalue weighted by atomic mass is 32.1. The number of phenolic OH excluding ortho intramolecular Hbond substituents is 1. The summed E-state index contributed by atoms with van der Waals surface area (Å²) < 4.78 is 18.1. The number of thiazole rings is 1. The molecule has 8 nitrogen and oxygen atoms in total. The van der Waals surface area contributed by atoms with Gasteiger partial charge in [-0.1, -0.05) is 59.9 Å². The van der Waals surface area contributed by atoms with Gasteiger partial charge in [0, 0.05) is 5.56 Å². The first kappa shape index (κ1) is 26.0. The van der Waals surface area contributed by atoms with Crippen LogP contribution >= 0.6 is 11.3 Å². The fourth-order valence-electron chi connectivity index (χ4n) is 4.50. The number of aromatic nitrogens is 1. The summed E-state index contributed by atoms with van der Waals surface area (Å²) in [7, 11) is 3.02. The van der Waals surface area contributed by atoms with Crippen molar-refractivity contribution < 1.29 is 24.1 Å². The number of hydrogen-bond donors (Lipinski definition) is 1. The smallest absolute Gasteiger partial charge is 0.338 e. The van der Waals surface area contributed by atoms with Crippen molar-refractivity contribution >= 4 is 29.1 Å². The minimum Gasteiger partial charge on any atom is -0.504 e. The van der Waals surface area contributed by atoms with Gasteiger partial charge in [-0.3, -0.25) is 9.36 Å². The van der Waals surface area contributed by atoms with E-state index in [-0.39, 0.29) is 23.5 Å². The van der Waals surface area contributed by atoms with Crippen LogP contribution in [0, 0.1) is 0 Å². The molecule has 0 spiro atoms. The summed E-state index contributed by atoms with van der Waals surface area (Å²) >= 11 is 1.22. The van der Waals surface area contributed by atoms with Gasteiger partial charge in [-0.15, -0.1) is 0 Å². The first-order valence-corrected chi connectivity index (χ1v) is 13.1. The third-order valence-electron chi connectivity index (χ3n) is 6.28. The van der Waals surface area contributed by atoms with Gasteiger partial charge in [0.1, 0.15) is 5.75 Å². The lowest BCUT2D eigenvalue weighted by Crippen LogP contribution is -2.40. The fraction of sp³-hybridized carbons (Fsp3) is 0.167. The number of ether oxygens (including phenoxy) is 3. The zero-order valence-electron chi connectivity index (χ0n) is 21.6. The SMILES string of the molecule is CCOC(=O)C1=C(c2ccccc2)N=c2s/c(=C/c3ccc(O)c(OC)c3)c(=O)n2[C@@H]1c1cccc(OC)c1. The number of nitrogens with zero attached hydrogens (tertiary/aromatic N) is 2. The van der Waals surface area contributed by atoms with Gasteiger partial charge in [-0.2, -0.15) is 0 Å². The standard InChI is InChI=1S/C30H26N2O6S/c1-4-38-29(35)25-26(19-9-6-5-7-10-19)31-30-32(27(25)20-11-8-12-21(17-20)36-2)28(34)24(39-30)16-18-13-14-22(33)23(15-18)37-3/h5-17,27,33H,4H2,1-3H3/b24-16+/t27-/m1/s1. The van der Waals surface area contributed by atoms with E-state index in [1.165, 1.54) is 29.1 Å². The zero-order valence-corrected chi connectivity index (χ0v) is 22.4. The normalized spacial score (nSPS) is 14.9. The molecular weight excluding hydrogens is 516 g/mol. The molecule has 1 aliphatic rings. The molecule has 5 rings (SSSR count). The van der Waals surface area contributed by atoms with Crippen LogP contribution in [0.4, 0.5) is 0 Å². The number of carbonyl (C=O) groups is 1. The first-order chi connectivity index (χ1) is 18.9. The topological polar surface area (TPSA) is 99.4 Å². The van der Waals surface area contributed by atoms with Crippen LogP contribution in [0.1, 0.15) is 29.7 Å². The summed E-state index contributed by atoms with van der Waals surface area (Å²) in [4.78, 5) is 32.7. The average molecular weight is 543 g/mol. The zero-order chi connectivity index (χ0) is 27.5. The minimum atomic E-state index is -0.804. The van der Waals surface area contributed by atoms with Crippen LogP contribution in [-0.4, -0.2) is 36.5 Å². The summed E-state index contributed by atoms with van der Waals surface area (Å²) in [5.74, 6) is 0.334. The predicted octanol–water partition coefficient (Wildman–Crippen LogP) is 3.66. The molecule has 3 aromatic carbocycles. The van der Waals surface area contributed by atoms with E-state index in [2.05, 4.69) is 0 Å². The average Bonchev–Trinajstić information content (AvgIpc) is 3.27. The maximum absolute atomic E-state index is 13.9. The van der Waals surface area contributed by atoms with Crippen LogP contribution in [0.3, 0.4) is 0 Å². The van der Waals surface area contributed by atoms with Crippen molar-refractivity contribution in [3.05, 3.63) is 115 Å². The molecule has 1 aromatic heterocycles. The van der Waals surface area contributed by atoms with E-state index in [0.29, 0.717) is 37.7 Å². The van der Waals surface area contributed by atoms with Crippen LogP contribution in [0.2, 0.25) is 0 Å². The monoisotopic (exact) mass is 542 g/mol. The highest BCUT2D eigenvalue weighted by Gasteiger charge is 2.35. The van der Waals surface area contributed by atoms with E-state index in [4.69, 9.17) is 19.2 Å². The Bertz CT molecular complexity index is 1750. The Hall–Kier alpha value is -4.63. The molecule has 0 bridgehead atoms. The second kappa shape index (κ2) is 11.0. The molecule has 1 atom stereocenters. The second-order valence-electron chi connectivity index (χ2n) is 8.64. The number of phenols is 1. The fourth-order valence-corrected chi connectivity index (χ4v) is 5.50. The molecule has 198 valence electrons. The Morgan fingerprint density at radius 1 is 1.05 bits per heavy atom. The summed E-state index contributed by atoms with van der Waals surface area (Å²) in [5, 5.41) is 9.98. The molecule has 0 saturated heterocycles. The molecule has 9 heteroatoms. The summed E-state index contributed by atoms with van der Waals surface area (Å²) in [6.45, 7) is 1.91. The number of rotatable bonds is 7. The highest BCUT2D eigenvalue weighted by Crippen LogP contribution is 2.36. The Balaban J connectivity index is 1.82. The molecule has 39 heavy (non-hydrogen) atoms. The molecule has 0 radical (unpaired) electrons. The molecule has 4 aromatic rings. The van der Waals surface area contributed by atoms with Gasteiger partial charge in [-0.25, -0.2) is 9.79 Å². The van der Waals surface area contributed by atoms with Gasteiger partial charge in [0.05, 0.1) is 42.7 Å². The summed E-state index contributed by atoms with van der Waals surface area (Å²) in [6.07, 6.45) is 1.71. The second-order valence-corrected chi connectivity index (χ2v) is 9.65. The molecular formula is C30H26N2O6S. The number of benzene rings is 3. The Kier molecular flexibility index (Phi) is 7.33. The van der Waals surface area contributed by atoms with Gasteiger partial charge in [0.15, 0.2) is 16.3 Å². The van der Waals surface area contributed by atoms with E-state index in [1.54, 1.807) is 44.4 Å². The Morgan fingerprint density at radius 3 is 2.56 bits per heavy atom. The van der Waals surface area contributed by atoms with E-state index in [9.17, 15) is 14.7 Å². The lowest BCUT2D eigenvalue weighted by molar-refractivity contribution is -0.138. The van der Waals surface area contributed by atoms with Crippen molar-refractivity contribution in [3.8, 4) is 17.2 Å². The van der Waals surface area contributed by atoms with Crippen molar-refractivity contribution in [1.29, 1.82) is 0 Å². The molecule has 0 unspecified atom stereocenters. The summed E-state index contributed by atoms with van der Waals surface area (Å²) in [5.41, 5.74) is 2.48. The molecule has 0 saturated carbocycles. The number of hydrogen-bond acceptors (Lipinski definition) is 8. The number of fused-ring (bicyclic) bond motifs is 1. The van der Waals surface area contributed by atoms with E-state index < -0.39 is 12.0 Å². The predicted molar refractivity (Wildman–Crippen MR) is 149 cm³/mol. The van der Waals surface area contributed by atoms with Gasteiger partial charge < -0.3 is 19.3 Å². The Labute approximate surface area is 228 Å². The van der Waals surface area contributed by atoms with Crippen molar-refractivity contribution in [2.75, 3.05) is 20.8 Å². The van der Waals surface area contributed by atoms with E-state index in [1.807, 2.05) is 42.5 Å². The van der Waals surface area contributed by atoms with Crippen LogP contribution in [0.5, 0.6) is 17.2 Å². The molecule has 1 aliphatic heterocycles. The van der Waals surface area contributed by atoms with Crippen LogP contribution < -0.4 is 24.4 Å². The quantitative estimate of drug-likeness (QED) is 0.358. The first-order valence-electron chi connectivity index (χ1n) is 12.2. The third-order valence-corrected chi connectivity index (χ3v) is 7.27. The number of esters is 1. The molecule has 0 aliphatic carbocycles. The lowest BCUT2D eigenvalue weighted by Gasteiger charge is -2.26. The van der Waals surface area contributed by atoms with Crippen LogP contribution in [-0.2, 0) is 9.53 Å². The number of carbonyl (C=O) groups excluding carboxylic acids is 1. The van der Waals surface area contributed by atoms with Crippen LogP contribution in [0.25, 0.3) is 11.8 Å². The third kappa shape index (κ3) is 4.96. The van der Waals surface area contributed by atoms with Gasteiger partial charge in [0.25, 0.3) is 5.56 Å². The summed E-state index contributed by atoms with van der Waals surface area (Å²) in [6, 6.07) is 20.7. The molecule has 0 fully saturated rings. The number of aromatic hydroxyl groups is 1. The van der Waals surface area contributed by atoms with Gasteiger partial charge in [-0.05, 0) is 48.4 Å². The maximum Gasteiger partial charge on any atom is 0.338 e. The minimum absolute atomic E-state index is 0.000663. The highest BCUT2D eigenvalue weighted by molar-refractivity contribution is 7.07. The van der Waals surface area contributed by atoms with Gasteiger partial charge in [0.2, 0.25) is 0 Å². The lowest BCUT2D eigenvalue weighted by atomic mass is 9.93. The maximum atomic E-state index is 13.9. The Morgan fingerprint density at radius 2 is 1.85 bits per heavy atom. The molecule has 1 N–H and O–H groups in total. The van der Waals surface area contributed by atoms with Crippen molar-refractivity contribution in [3.63, 3.8) is 0 Å².